The van der Waals surface area contributed by atoms with Crippen LogP contribution in [0.2, 0.25) is 0 Å². The highest BCUT2D eigenvalue weighted by atomic mass is 16.5. The topological polar surface area (TPSA) is 26.3 Å². The van der Waals surface area contributed by atoms with Gasteiger partial charge in [-0.3, -0.25) is 4.79 Å². The molecule has 0 heterocycles. The average molecular weight is 182 g/mol. The van der Waals surface area contributed by atoms with Gasteiger partial charge >= 0.3 is 0 Å². The highest BCUT2D eigenvalue weighted by Gasteiger charge is 2.36. The van der Waals surface area contributed by atoms with Crippen molar-refractivity contribution in [2.45, 2.75) is 58.2 Å². The van der Waals surface area contributed by atoms with E-state index in [1.54, 1.807) is 0 Å². The minimum atomic E-state index is 0.162. The maximum atomic E-state index is 11.4. The van der Waals surface area contributed by atoms with E-state index in [1.807, 2.05) is 0 Å². The van der Waals surface area contributed by atoms with Gasteiger partial charge < -0.3 is 4.74 Å². The van der Waals surface area contributed by atoms with Crippen LogP contribution in [0, 0.1) is 5.41 Å². The Labute approximate surface area is 79.7 Å². The van der Waals surface area contributed by atoms with Crippen LogP contribution >= 0.6 is 0 Å². The van der Waals surface area contributed by atoms with Crippen LogP contribution in [0.5, 0.6) is 0 Å². The Bertz CT molecular complexity index is 216. The first-order valence-electron chi connectivity index (χ1n) is 5.22. The van der Waals surface area contributed by atoms with Crippen LogP contribution in [0.3, 0.4) is 0 Å². The van der Waals surface area contributed by atoms with Crippen molar-refractivity contribution in [1.82, 2.24) is 0 Å². The van der Waals surface area contributed by atoms with Gasteiger partial charge in [-0.25, -0.2) is 0 Å². The molecular formula is C11H18O2. The molecule has 1 atom stereocenters. The number of hydrogen-bond donors (Lipinski definition) is 0. The number of carbonyl (C=O) groups excluding carboxylic acids is 1. The van der Waals surface area contributed by atoms with Gasteiger partial charge in [0.2, 0.25) is 0 Å². The highest BCUT2D eigenvalue weighted by molar-refractivity contribution is 5.80. The molecule has 0 N–H and O–H groups in total. The molecule has 0 aliphatic heterocycles. The van der Waals surface area contributed by atoms with E-state index in [0.717, 1.165) is 12.8 Å². The number of ketones is 1. The molecule has 2 nitrogen and oxygen atoms in total. The van der Waals surface area contributed by atoms with E-state index in [9.17, 15) is 4.79 Å². The summed E-state index contributed by atoms with van der Waals surface area (Å²) in [6.45, 7) is 4.32. The Kier molecular flexibility index (Phi) is 2.18. The number of Topliss-reactive ketones (excluding diaryl/α,β-unsaturated/α-hetero) is 1. The SMILES string of the molecule is CC1(C)CC(=O)CC(OC2CC2)C1. The van der Waals surface area contributed by atoms with Crippen LogP contribution in [0.1, 0.15) is 46.0 Å². The Morgan fingerprint density at radius 3 is 2.54 bits per heavy atom. The lowest BCUT2D eigenvalue weighted by Crippen LogP contribution is -2.34. The van der Waals surface area contributed by atoms with E-state index in [0.29, 0.717) is 18.3 Å². The van der Waals surface area contributed by atoms with Gasteiger partial charge in [-0.1, -0.05) is 13.8 Å². The third-order valence-electron chi connectivity index (χ3n) is 2.82. The number of hydrogen-bond acceptors (Lipinski definition) is 2. The summed E-state index contributed by atoms with van der Waals surface area (Å²) in [5, 5.41) is 0. The zero-order valence-electron chi connectivity index (χ0n) is 8.51. The number of ether oxygens (including phenoxy) is 1. The fourth-order valence-electron chi connectivity index (χ4n) is 2.19. The number of carbonyl (C=O) groups is 1. The monoisotopic (exact) mass is 182 g/mol. The fraction of sp³-hybridized carbons (Fsp3) is 0.909. The van der Waals surface area contributed by atoms with Crippen LogP contribution in [-0.4, -0.2) is 18.0 Å². The minimum absolute atomic E-state index is 0.162. The molecule has 0 spiro atoms. The molecule has 0 aromatic carbocycles. The van der Waals surface area contributed by atoms with E-state index >= 15 is 0 Å². The van der Waals surface area contributed by atoms with E-state index < -0.39 is 0 Å². The number of rotatable bonds is 2. The van der Waals surface area contributed by atoms with Crippen molar-refractivity contribution in [3.05, 3.63) is 0 Å². The summed E-state index contributed by atoms with van der Waals surface area (Å²) >= 11 is 0. The van der Waals surface area contributed by atoms with Crippen molar-refractivity contribution in [2.75, 3.05) is 0 Å². The second-order valence-electron chi connectivity index (χ2n) is 5.25. The van der Waals surface area contributed by atoms with Crippen molar-refractivity contribution in [3.63, 3.8) is 0 Å². The standard InChI is InChI=1S/C11H18O2/c1-11(2)6-8(12)5-10(7-11)13-9-3-4-9/h9-10H,3-7H2,1-2H3. The second kappa shape index (κ2) is 3.09. The van der Waals surface area contributed by atoms with Crippen molar-refractivity contribution < 1.29 is 9.53 Å². The molecule has 0 radical (unpaired) electrons. The third kappa shape index (κ3) is 2.53. The van der Waals surface area contributed by atoms with E-state index in [4.69, 9.17) is 4.74 Å². The molecule has 0 aromatic rings. The van der Waals surface area contributed by atoms with Crippen LogP contribution < -0.4 is 0 Å². The van der Waals surface area contributed by atoms with Gasteiger partial charge in [0, 0.05) is 12.8 Å². The predicted molar refractivity (Wildman–Crippen MR) is 50.5 cm³/mol. The molecule has 0 bridgehead atoms. The first kappa shape index (κ1) is 9.20. The molecule has 2 aliphatic rings. The Morgan fingerprint density at radius 1 is 1.31 bits per heavy atom. The maximum absolute atomic E-state index is 11.4. The quantitative estimate of drug-likeness (QED) is 0.655. The summed E-state index contributed by atoms with van der Waals surface area (Å²) in [5.41, 5.74) is 0.162. The Morgan fingerprint density at radius 2 is 2.00 bits per heavy atom. The summed E-state index contributed by atoms with van der Waals surface area (Å²) in [6.07, 6.45) is 5.53. The molecular weight excluding hydrogens is 164 g/mol. The van der Waals surface area contributed by atoms with Gasteiger partial charge in [0.05, 0.1) is 12.2 Å². The van der Waals surface area contributed by atoms with Crippen LogP contribution in [0.25, 0.3) is 0 Å². The van der Waals surface area contributed by atoms with Gasteiger partial charge in [0.1, 0.15) is 5.78 Å². The van der Waals surface area contributed by atoms with Crippen molar-refractivity contribution in [2.24, 2.45) is 5.41 Å². The van der Waals surface area contributed by atoms with Crippen LogP contribution in [0.15, 0.2) is 0 Å². The first-order valence-corrected chi connectivity index (χ1v) is 5.22. The highest BCUT2D eigenvalue weighted by Crippen LogP contribution is 2.37. The van der Waals surface area contributed by atoms with Gasteiger partial charge in [0.15, 0.2) is 0 Å². The summed E-state index contributed by atoms with van der Waals surface area (Å²) in [4.78, 5) is 11.4. The molecule has 74 valence electrons. The largest absolute Gasteiger partial charge is 0.375 e. The molecule has 0 aromatic heterocycles. The summed E-state index contributed by atoms with van der Waals surface area (Å²) in [5.74, 6) is 0.377. The summed E-state index contributed by atoms with van der Waals surface area (Å²) < 4.78 is 5.79. The third-order valence-corrected chi connectivity index (χ3v) is 2.82. The molecule has 13 heavy (non-hydrogen) atoms. The van der Waals surface area contributed by atoms with Gasteiger partial charge in [0.25, 0.3) is 0 Å². The Balaban J connectivity index is 1.91. The van der Waals surface area contributed by atoms with Crippen molar-refractivity contribution in [3.8, 4) is 0 Å². The zero-order valence-corrected chi connectivity index (χ0v) is 8.51. The maximum Gasteiger partial charge on any atom is 0.136 e. The van der Waals surface area contributed by atoms with Crippen LogP contribution in [0.4, 0.5) is 0 Å². The molecule has 2 heteroatoms. The average Bonchev–Trinajstić information content (AvgIpc) is 2.65. The summed E-state index contributed by atoms with van der Waals surface area (Å²) in [7, 11) is 0. The smallest absolute Gasteiger partial charge is 0.136 e. The lowest BCUT2D eigenvalue weighted by Gasteiger charge is -2.34. The molecule has 2 saturated carbocycles. The van der Waals surface area contributed by atoms with E-state index in [-0.39, 0.29) is 11.5 Å². The minimum Gasteiger partial charge on any atom is -0.375 e. The molecule has 0 saturated heterocycles. The van der Waals surface area contributed by atoms with E-state index in [1.165, 1.54) is 12.8 Å². The molecule has 2 aliphatic carbocycles. The van der Waals surface area contributed by atoms with Crippen molar-refractivity contribution in [1.29, 1.82) is 0 Å². The first-order chi connectivity index (χ1) is 6.05. The van der Waals surface area contributed by atoms with Gasteiger partial charge in [-0.2, -0.15) is 0 Å². The van der Waals surface area contributed by atoms with Crippen LogP contribution in [-0.2, 0) is 9.53 Å². The molecule has 2 fully saturated rings. The lowest BCUT2D eigenvalue weighted by atomic mass is 9.75. The summed E-state index contributed by atoms with van der Waals surface area (Å²) in [6, 6.07) is 0. The predicted octanol–water partition coefficient (Wildman–Crippen LogP) is 2.31. The fourth-order valence-corrected chi connectivity index (χ4v) is 2.19. The molecule has 1 unspecified atom stereocenters. The molecule has 2 rings (SSSR count). The lowest BCUT2D eigenvalue weighted by molar-refractivity contribution is -0.129. The normalized spacial score (nSPS) is 33.4. The van der Waals surface area contributed by atoms with Gasteiger partial charge in [-0.15, -0.1) is 0 Å². The van der Waals surface area contributed by atoms with Crippen molar-refractivity contribution >= 4 is 5.78 Å². The zero-order chi connectivity index (χ0) is 9.47. The Hall–Kier alpha value is -0.370. The van der Waals surface area contributed by atoms with Gasteiger partial charge in [-0.05, 0) is 24.7 Å². The molecule has 0 amide bonds. The van der Waals surface area contributed by atoms with E-state index in [2.05, 4.69) is 13.8 Å². The second-order valence-corrected chi connectivity index (χ2v) is 5.25.